The van der Waals surface area contributed by atoms with E-state index in [-0.39, 0.29) is 0 Å². The molecule has 232 valence electrons. The lowest BCUT2D eigenvalue weighted by molar-refractivity contribution is 0.229. The Bertz CT molecular complexity index is 1140. The second-order valence-corrected chi connectivity index (χ2v) is 13.5. The summed E-state index contributed by atoms with van der Waals surface area (Å²) in [6, 6.07) is 39.0. The van der Waals surface area contributed by atoms with E-state index in [1.54, 1.807) is 0 Å². The number of hydrogen-bond acceptors (Lipinski definition) is 0. The zero-order valence-corrected chi connectivity index (χ0v) is 28.0. The van der Waals surface area contributed by atoms with E-state index in [0.29, 0.717) is 23.7 Å². The van der Waals surface area contributed by atoms with Crippen LogP contribution in [0.25, 0.3) is 0 Å². The minimum atomic E-state index is 0.461. The molecule has 0 N–H and O–H groups in total. The molecule has 4 aromatic rings. The highest BCUT2D eigenvalue weighted by molar-refractivity contribution is 5.49. The van der Waals surface area contributed by atoms with Gasteiger partial charge >= 0.3 is 0 Å². The van der Waals surface area contributed by atoms with Crippen molar-refractivity contribution in [1.82, 2.24) is 0 Å². The molecule has 4 aromatic carbocycles. The summed E-state index contributed by atoms with van der Waals surface area (Å²) < 4.78 is 0. The normalized spacial score (nSPS) is 19.5. The second-order valence-electron chi connectivity index (χ2n) is 13.5. The highest BCUT2D eigenvalue weighted by atomic mass is 14.5. The van der Waals surface area contributed by atoms with Crippen LogP contribution in [0, 0.1) is 0 Å². The summed E-state index contributed by atoms with van der Waals surface area (Å²) in [5.41, 5.74) is 11.9. The fourth-order valence-electron chi connectivity index (χ4n) is 7.56. The summed E-state index contributed by atoms with van der Waals surface area (Å²) in [4.78, 5) is 0. The van der Waals surface area contributed by atoms with Crippen molar-refractivity contribution in [2.24, 2.45) is 0 Å². The molecule has 0 radical (unpaired) electrons. The Hall–Kier alpha value is -3.12. The van der Waals surface area contributed by atoms with Gasteiger partial charge in [0.1, 0.15) is 0 Å². The molecule has 1 fully saturated rings. The van der Waals surface area contributed by atoms with Crippen LogP contribution in [0.5, 0.6) is 0 Å². The smallest absolute Gasteiger partial charge is 0.00120 e. The Morgan fingerprint density at radius 1 is 0.295 bits per heavy atom. The molecule has 5 rings (SSSR count). The molecule has 0 saturated heterocycles. The molecular formula is C44H56. The largest absolute Gasteiger partial charge is 0.0654 e. The maximum atomic E-state index is 2.46. The molecule has 0 spiro atoms. The average molecular weight is 585 g/mol. The van der Waals surface area contributed by atoms with Crippen molar-refractivity contribution >= 4 is 0 Å². The highest BCUT2D eigenvalue weighted by Crippen LogP contribution is 2.66. The van der Waals surface area contributed by atoms with Crippen molar-refractivity contribution < 1.29 is 0 Å². The molecule has 0 bridgehead atoms. The minimum Gasteiger partial charge on any atom is -0.0654 e. The van der Waals surface area contributed by atoms with E-state index < -0.39 is 0 Å². The zero-order valence-electron chi connectivity index (χ0n) is 28.0. The third-order valence-corrected chi connectivity index (χ3v) is 10.3. The molecule has 0 heteroatoms. The van der Waals surface area contributed by atoms with Gasteiger partial charge < -0.3 is 0 Å². The highest BCUT2D eigenvalue weighted by Gasteiger charge is 2.52. The lowest BCUT2D eigenvalue weighted by Gasteiger charge is -2.54. The van der Waals surface area contributed by atoms with Gasteiger partial charge in [0.05, 0.1) is 0 Å². The standard InChI is InChI=1S/C44H56/c1-5-9-13-33-17-25-37(26-18-33)41-42(38-27-19-34(20-28-38)14-10-6-2)44(40-31-23-36(24-32-40)16-12-8-4)43(41)39-29-21-35(22-30-39)15-11-7-3/h17-32,41-44H,5-16H2,1-4H3. The fourth-order valence-corrected chi connectivity index (χ4v) is 7.56. The molecule has 0 aromatic heterocycles. The van der Waals surface area contributed by atoms with Gasteiger partial charge in [-0.25, -0.2) is 0 Å². The maximum absolute atomic E-state index is 2.46. The van der Waals surface area contributed by atoms with Crippen molar-refractivity contribution in [3.8, 4) is 0 Å². The lowest BCUT2D eigenvalue weighted by atomic mass is 9.49. The number of rotatable bonds is 16. The van der Waals surface area contributed by atoms with Gasteiger partial charge in [-0.2, -0.15) is 0 Å². The summed E-state index contributed by atoms with van der Waals surface area (Å²) in [7, 11) is 0. The van der Waals surface area contributed by atoms with Crippen LogP contribution in [-0.2, 0) is 25.7 Å². The Labute approximate surface area is 269 Å². The number of benzene rings is 4. The summed E-state index contributed by atoms with van der Waals surface area (Å²) in [5.74, 6) is 1.84. The first-order chi connectivity index (χ1) is 21.7. The third kappa shape index (κ3) is 7.74. The van der Waals surface area contributed by atoms with Crippen LogP contribution in [-0.4, -0.2) is 0 Å². The first-order valence-corrected chi connectivity index (χ1v) is 18.0. The molecule has 1 aliphatic carbocycles. The number of hydrogen-bond donors (Lipinski definition) is 0. The van der Waals surface area contributed by atoms with Gasteiger partial charge in [-0.05, 0) is 120 Å². The van der Waals surface area contributed by atoms with Crippen molar-refractivity contribution in [2.75, 3.05) is 0 Å². The first kappa shape index (κ1) is 32.3. The Morgan fingerprint density at radius 3 is 0.636 bits per heavy atom. The molecule has 44 heavy (non-hydrogen) atoms. The second kappa shape index (κ2) is 16.3. The van der Waals surface area contributed by atoms with E-state index in [1.807, 2.05) is 0 Å². The van der Waals surface area contributed by atoms with E-state index in [4.69, 9.17) is 0 Å². The predicted octanol–water partition coefficient (Wildman–Crippen LogP) is 12.5. The lowest BCUT2D eigenvalue weighted by Crippen LogP contribution is -2.40. The quantitative estimate of drug-likeness (QED) is 0.123. The van der Waals surface area contributed by atoms with Crippen LogP contribution < -0.4 is 0 Å². The van der Waals surface area contributed by atoms with Gasteiger partial charge in [-0.3, -0.25) is 0 Å². The Morgan fingerprint density at radius 2 is 0.477 bits per heavy atom. The Kier molecular flexibility index (Phi) is 11.9. The minimum absolute atomic E-state index is 0.461. The number of aryl methyl sites for hydroxylation is 4. The van der Waals surface area contributed by atoms with E-state index in [9.17, 15) is 0 Å². The van der Waals surface area contributed by atoms with Crippen LogP contribution in [0.1, 0.15) is 147 Å². The molecule has 0 amide bonds. The fraction of sp³-hybridized carbons (Fsp3) is 0.455. The summed E-state index contributed by atoms with van der Waals surface area (Å²) in [6.07, 6.45) is 14.8. The van der Waals surface area contributed by atoms with Gasteiger partial charge in [0, 0.05) is 0 Å². The van der Waals surface area contributed by atoms with E-state index >= 15 is 0 Å². The molecule has 0 aliphatic heterocycles. The maximum Gasteiger partial charge on any atom is -0.00120 e. The first-order valence-electron chi connectivity index (χ1n) is 18.0. The average Bonchev–Trinajstić information content (AvgIpc) is 3.06. The topological polar surface area (TPSA) is 0 Å². The monoisotopic (exact) mass is 584 g/mol. The Balaban J connectivity index is 1.55. The third-order valence-electron chi connectivity index (χ3n) is 10.3. The van der Waals surface area contributed by atoms with Gasteiger partial charge in [0.2, 0.25) is 0 Å². The van der Waals surface area contributed by atoms with Crippen LogP contribution in [0.4, 0.5) is 0 Å². The van der Waals surface area contributed by atoms with Gasteiger partial charge in [-0.1, -0.05) is 150 Å². The van der Waals surface area contributed by atoms with Crippen LogP contribution in [0.3, 0.4) is 0 Å². The number of unbranched alkanes of at least 4 members (excludes halogenated alkanes) is 4. The van der Waals surface area contributed by atoms with Crippen molar-refractivity contribution in [3.05, 3.63) is 142 Å². The van der Waals surface area contributed by atoms with Crippen LogP contribution >= 0.6 is 0 Å². The summed E-state index contributed by atoms with van der Waals surface area (Å²) in [5, 5.41) is 0. The molecule has 0 nitrogen and oxygen atoms in total. The molecule has 1 saturated carbocycles. The van der Waals surface area contributed by atoms with Crippen molar-refractivity contribution in [1.29, 1.82) is 0 Å². The zero-order chi connectivity index (χ0) is 30.7. The van der Waals surface area contributed by atoms with Crippen molar-refractivity contribution in [2.45, 2.75) is 128 Å². The van der Waals surface area contributed by atoms with Gasteiger partial charge in [0.15, 0.2) is 0 Å². The molecule has 1 aliphatic rings. The molecule has 0 atom stereocenters. The molecule has 0 heterocycles. The molecule has 0 unspecified atom stereocenters. The van der Waals surface area contributed by atoms with E-state index in [0.717, 1.165) is 0 Å². The van der Waals surface area contributed by atoms with Crippen molar-refractivity contribution in [3.63, 3.8) is 0 Å². The van der Waals surface area contributed by atoms with Crippen LogP contribution in [0.2, 0.25) is 0 Å². The predicted molar refractivity (Wildman–Crippen MR) is 191 cm³/mol. The van der Waals surface area contributed by atoms with Gasteiger partial charge in [0.25, 0.3) is 0 Å². The summed E-state index contributed by atoms with van der Waals surface area (Å²) in [6.45, 7) is 9.15. The molecular weight excluding hydrogens is 528 g/mol. The van der Waals surface area contributed by atoms with Gasteiger partial charge in [-0.15, -0.1) is 0 Å². The van der Waals surface area contributed by atoms with Crippen LogP contribution in [0.15, 0.2) is 97.1 Å². The van der Waals surface area contributed by atoms with E-state index in [2.05, 4.69) is 125 Å². The van der Waals surface area contributed by atoms with E-state index in [1.165, 1.54) is 122 Å². The summed E-state index contributed by atoms with van der Waals surface area (Å²) >= 11 is 0. The SMILES string of the molecule is CCCCc1ccc(C2C(c3ccc(CCCC)cc3)C(c3ccc(CCCC)cc3)C2c2ccc(CCCC)cc2)cc1.